The van der Waals surface area contributed by atoms with Gasteiger partial charge in [0.05, 0.1) is 16.5 Å². The van der Waals surface area contributed by atoms with Crippen molar-refractivity contribution in [1.82, 2.24) is 10.9 Å². The SMILES string of the molecule is CC(C)(C)OC(=O)NNC(=O)c1cc(NC(=O)C2C(c3cc(Cl)cc(Cl)c3)C2(Cl)Cl)ccc1Cl. The molecule has 1 fully saturated rings. The Morgan fingerprint density at radius 3 is 2.15 bits per heavy atom. The lowest BCUT2D eigenvalue weighted by atomic mass is 10.1. The molecule has 2 unspecified atom stereocenters. The van der Waals surface area contributed by atoms with Crippen LogP contribution in [0.3, 0.4) is 0 Å². The molecule has 0 heterocycles. The summed E-state index contributed by atoms with van der Waals surface area (Å²) in [5.41, 5.74) is 4.51. The van der Waals surface area contributed by atoms with E-state index >= 15 is 0 Å². The first-order valence-corrected chi connectivity index (χ1v) is 11.8. The fraction of sp³-hybridized carbons (Fsp3) is 0.318. The summed E-state index contributed by atoms with van der Waals surface area (Å²) in [4.78, 5) is 37.1. The van der Waals surface area contributed by atoms with E-state index < -0.39 is 39.7 Å². The summed E-state index contributed by atoms with van der Waals surface area (Å²) in [6.07, 6.45) is -0.845. The Kier molecular flexibility index (Phi) is 7.85. The first-order valence-electron chi connectivity index (χ1n) is 9.92. The highest BCUT2D eigenvalue weighted by Gasteiger charge is 2.67. The number of hydrogen-bond acceptors (Lipinski definition) is 4. The van der Waals surface area contributed by atoms with Crippen LogP contribution in [-0.2, 0) is 9.53 Å². The van der Waals surface area contributed by atoms with E-state index in [0.717, 1.165) is 0 Å². The van der Waals surface area contributed by atoms with Crippen molar-refractivity contribution in [1.29, 1.82) is 0 Å². The molecule has 1 aliphatic rings. The van der Waals surface area contributed by atoms with Gasteiger partial charge in [-0.1, -0.05) is 34.8 Å². The van der Waals surface area contributed by atoms with Crippen molar-refractivity contribution < 1.29 is 19.1 Å². The number of halogens is 5. The highest BCUT2D eigenvalue weighted by atomic mass is 35.5. The van der Waals surface area contributed by atoms with E-state index in [1.54, 1.807) is 39.0 Å². The smallest absolute Gasteiger partial charge is 0.426 e. The number of nitrogens with one attached hydrogen (secondary N) is 3. The standard InChI is InChI=1S/C22H20Cl5N3O4/c1-21(2,3)34-20(33)30-29-18(31)14-9-13(4-5-15(14)25)28-19(32)17-16(22(17,26)27)10-6-11(23)8-12(24)7-10/h4-9,16-17H,1-3H3,(H,28,32)(H,29,31)(H,30,33). The van der Waals surface area contributed by atoms with Gasteiger partial charge in [-0.15, -0.1) is 23.2 Å². The molecule has 1 aliphatic carbocycles. The predicted molar refractivity (Wildman–Crippen MR) is 134 cm³/mol. The number of amides is 3. The minimum Gasteiger partial charge on any atom is -0.443 e. The largest absolute Gasteiger partial charge is 0.443 e. The van der Waals surface area contributed by atoms with Crippen LogP contribution < -0.4 is 16.2 Å². The maximum Gasteiger partial charge on any atom is 0.426 e. The third-order valence-electron chi connectivity index (χ3n) is 4.74. The molecular formula is C22H20Cl5N3O4. The maximum absolute atomic E-state index is 12.9. The van der Waals surface area contributed by atoms with Crippen molar-refractivity contribution in [2.24, 2.45) is 5.92 Å². The van der Waals surface area contributed by atoms with Gasteiger partial charge in [-0.05, 0) is 62.7 Å². The van der Waals surface area contributed by atoms with E-state index in [9.17, 15) is 14.4 Å². The summed E-state index contributed by atoms with van der Waals surface area (Å²) in [7, 11) is 0. The lowest BCUT2D eigenvalue weighted by molar-refractivity contribution is -0.117. The number of benzene rings is 2. The van der Waals surface area contributed by atoms with Crippen molar-refractivity contribution in [3.63, 3.8) is 0 Å². The van der Waals surface area contributed by atoms with Gasteiger partial charge in [-0.25, -0.2) is 10.2 Å². The number of anilines is 1. The molecule has 12 heteroatoms. The Bertz CT molecular complexity index is 1130. The molecule has 0 radical (unpaired) electrons. The summed E-state index contributed by atoms with van der Waals surface area (Å²) in [6.45, 7) is 5.04. The number of ether oxygens (including phenoxy) is 1. The maximum atomic E-state index is 12.9. The van der Waals surface area contributed by atoms with Crippen LogP contribution in [0.2, 0.25) is 15.1 Å². The molecule has 2 aromatic carbocycles. The normalized spacial score (nSPS) is 18.6. The van der Waals surface area contributed by atoms with Crippen molar-refractivity contribution in [2.45, 2.75) is 36.6 Å². The van der Waals surface area contributed by atoms with Gasteiger partial charge in [0.25, 0.3) is 5.91 Å². The minimum absolute atomic E-state index is 0.00695. The molecule has 2 aromatic rings. The Morgan fingerprint density at radius 1 is 0.941 bits per heavy atom. The topological polar surface area (TPSA) is 96.5 Å². The molecule has 0 aromatic heterocycles. The van der Waals surface area contributed by atoms with E-state index in [0.29, 0.717) is 15.6 Å². The summed E-state index contributed by atoms with van der Waals surface area (Å²) >= 11 is 31.0. The van der Waals surface area contributed by atoms with Gasteiger partial charge in [-0.2, -0.15) is 0 Å². The van der Waals surface area contributed by atoms with Gasteiger partial charge in [-0.3, -0.25) is 15.0 Å². The molecular weight excluding hydrogens is 548 g/mol. The Labute approximate surface area is 221 Å². The molecule has 34 heavy (non-hydrogen) atoms. The van der Waals surface area contributed by atoms with E-state index in [1.807, 2.05) is 0 Å². The highest BCUT2D eigenvalue weighted by Crippen LogP contribution is 2.65. The van der Waals surface area contributed by atoms with E-state index in [-0.39, 0.29) is 16.3 Å². The monoisotopic (exact) mass is 565 g/mol. The zero-order chi connectivity index (χ0) is 25.4. The van der Waals surface area contributed by atoms with Crippen LogP contribution >= 0.6 is 58.0 Å². The average Bonchev–Trinajstić information content (AvgIpc) is 3.27. The third kappa shape index (κ3) is 6.40. The number of carbonyl (C=O) groups excluding carboxylic acids is 3. The first kappa shape index (κ1) is 26.7. The quantitative estimate of drug-likeness (QED) is 0.297. The van der Waals surface area contributed by atoms with Crippen LogP contribution in [0, 0.1) is 5.92 Å². The van der Waals surface area contributed by atoms with Gasteiger partial charge in [0.2, 0.25) is 5.91 Å². The summed E-state index contributed by atoms with van der Waals surface area (Å²) < 4.78 is 3.69. The molecule has 7 nitrogen and oxygen atoms in total. The Hall–Kier alpha value is -1.90. The van der Waals surface area contributed by atoms with Crippen LogP contribution in [-0.4, -0.2) is 27.8 Å². The molecule has 0 aliphatic heterocycles. The van der Waals surface area contributed by atoms with Crippen LogP contribution in [0.4, 0.5) is 10.5 Å². The zero-order valence-electron chi connectivity index (χ0n) is 18.1. The molecule has 3 amide bonds. The van der Waals surface area contributed by atoms with Gasteiger partial charge in [0.1, 0.15) is 9.93 Å². The second-order valence-corrected chi connectivity index (χ2v) is 11.3. The summed E-state index contributed by atoms with van der Waals surface area (Å²) in [5, 5.41) is 3.57. The van der Waals surface area contributed by atoms with Crippen molar-refractivity contribution in [2.75, 3.05) is 5.32 Å². The van der Waals surface area contributed by atoms with Gasteiger partial charge in [0.15, 0.2) is 0 Å². The first-order chi connectivity index (χ1) is 15.7. The van der Waals surface area contributed by atoms with Gasteiger partial charge >= 0.3 is 6.09 Å². The van der Waals surface area contributed by atoms with E-state index in [2.05, 4.69) is 16.2 Å². The lowest BCUT2D eigenvalue weighted by Gasteiger charge is -2.19. The van der Waals surface area contributed by atoms with Gasteiger partial charge in [0, 0.05) is 21.7 Å². The highest BCUT2D eigenvalue weighted by molar-refractivity contribution is 6.53. The third-order valence-corrected chi connectivity index (χ3v) is 6.44. The predicted octanol–water partition coefficient (Wildman–Crippen LogP) is 6.34. The second kappa shape index (κ2) is 9.99. The second-order valence-electron chi connectivity index (χ2n) is 8.60. The lowest BCUT2D eigenvalue weighted by Crippen LogP contribution is -2.44. The molecule has 2 atom stereocenters. The molecule has 3 rings (SSSR count). The molecule has 0 bridgehead atoms. The number of rotatable bonds is 4. The van der Waals surface area contributed by atoms with E-state index in [1.165, 1.54) is 18.2 Å². The van der Waals surface area contributed by atoms with Crippen molar-refractivity contribution >= 4 is 81.6 Å². The van der Waals surface area contributed by atoms with Gasteiger partial charge < -0.3 is 10.1 Å². The summed E-state index contributed by atoms with van der Waals surface area (Å²) in [6, 6.07) is 9.14. The van der Waals surface area contributed by atoms with Crippen LogP contribution in [0.1, 0.15) is 42.6 Å². The molecule has 3 N–H and O–H groups in total. The molecule has 1 saturated carbocycles. The Morgan fingerprint density at radius 2 is 1.56 bits per heavy atom. The fourth-order valence-electron chi connectivity index (χ4n) is 3.30. The summed E-state index contributed by atoms with van der Waals surface area (Å²) in [5.74, 6) is -2.49. The number of hydrogen-bond donors (Lipinski definition) is 3. The zero-order valence-corrected chi connectivity index (χ0v) is 21.9. The minimum atomic E-state index is -1.36. The fourth-order valence-corrected chi connectivity index (χ4v) is 4.87. The molecule has 0 spiro atoms. The Balaban J connectivity index is 1.69. The number of alkyl halides is 2. The van der Waals surface area contributed by atoms with Crippen LogP contribution in [0.5, 0.6) is 0 Å². The average molecular weight is 568 g/mol. The van der Waals surface area contributed by atoms with E-state index in [4.69, 9.17) is 62.7 Å². The number of carbonyl (C=O) groups is 3. The molecule has 182 valence electrons. The van der Waals surface area contributed by atoms with Crippen LogP contribution in [0.15, 0.2) is 36.4 Å². The van der Waals surface area contributed by atoms with Crippen LogP contribution in [0.25, 0.3) is 0 Å². The van der Waals surface area contributed by atoms with Crippen molar-refractivity contribution in [3.8, 4) is 0 Å². The molecule has 0 saturated heterocycles. The number of hydrazine groups is 1. The van der Waals surface area contributed by atoms with Crippen molar-refractivity contribution in [3.05, 3.63) is 62.6 Å².